The Hall–Kier alpha value is -11.7. The minimum atomic E-state index is -1.97. The van der Waals surface area contributed by atoms with Crippen LogP contribution < -0.4 is 91.6 Å². The number of likely N-dealkylation sites (tertiary alicyclic amines) is 1. The van der Waals surface area contributed by atoms with Crippen LogP contribution in [-0.2, 0) is 97.6 Å². The van der Waals surface area contributed by atoms with E-state index in [1.807, 2.05) is 6.26 Å². The van der Waals surface area contributed by atoms with Crippen LogP contribution in [0.25, 0.3) is 0 Å². The van der Waals surface area contributed by atoms with E-state index in [1.54, 1.807) is 149 Å². The first kappa shape index (κ1) is 104. The Kier molecular flexibility index (Phi) is 45.0. The Morgan fingerprint density at radius 3 is 1.25 bits per heavy atom. The lowest BCUT2D eigenvalue weighted by atomic mass is 10.00. The first-order valence-corrected chi connectivity index (χ1v) is 43.1. The molecule has 1 heterocycles. The molecule has 5 rings (SSSR count). The third-order valence-corrected chi connectivity index (χ3v) is 21.1. The summed E-state index contributed by atoms with van der Waals surface area (Å²) in [5, 5.41) is 95.9. The maximum absolute atomic E-state index is 14.9. The van der Waals surface area contributed by atoms with Crippen LogP contribution in [0.3, 0.4) is 0 Å². The van der Waals surface area contributed by atoms with Gasteiger partial charge in [0.25, 0.3) is 0 Å². The van der Waals surface area contributed by atoms with Crippen LogP contribution in [0.1, 0.15) is 122 Å². The highest BCUT2D eigenvalue weighted by Crippen LogP contribution is 2.22. The molecule has 0 radical (unpaired) electrons. The SMILES string of the molecule is CSCC[C@H](N)C(=O)NCC(=O)N[C@H](C(=O)N[C@@H](CCCCN)C(=O)N[C@@H](Cc1ccccc1)C(=O)N[C@@H](Cc1ccccc1)C(=O)N[C@H](C(=O)N[C@@H](CC(C)C)C(=O)N[C@@H](CO)C(=O)N[C@H](C(=O)N[C@@H](CCCNC(=N)N)C(=O)N[C@@H](Cc1ccccc1)C(=O)N[C@@H](Cc1ccccc1)C(=O)N1CCC[C@H]1C(=O)N[C@@H](CO)C(=O)O)[C@@H](C)O)[C@@H](C)O)C(C)C. The smallest absolute Gasteiger partial charge is 0.328 e. The van der Waals surface area contributed by atoms with Gasteiger partial charge in [0.1, 0.15) is 78.5 Å². The normalized spacial score (nSPS) is 16.0. The number of hydrogen-bond acceptors (Lipinski definition) is 23. The number of aliphatic hydroxyl groups excluding tert-OH is 4. The number of amides is 14. The molecule has 1 aliphatic heterocycles. The van der Waals surface area contributed by atoms with Crippen molar-refractivity contribution in [2.24, 2.45) is 29.0 Å². The molecule has 39 nitrogen and oxygen atoms in total. The van der Waals surface area contributed by atoms with Gasteiger partial charge in [0.05, 0.1) is 38.0 Å². The third-order valence-electron chi connectivity index (χ3n) is 20.4. The van der Waals surface area contributed by atoms with Gasteiger partial charge in [-0.1, -0.05) is 149 Å². The summed E-state index contributed by atoms with van der Waals surface area (Å²) in [5.74, 6) is -15.4. The predicted molar refractivity (Wildman–Crippen MR) is 464 cm³/mol. The number of carboxylic acids is 1. The van der Waals surface area contributed by atoms with Crippen LogP contribution in [-0.4, -0.2) is 273 Å². The lowest BCUT2D eigenvalue weighted by Gasteiger charge is -2.31. The van der Waals surface area contributed by atoms with Crippen molar-refractivity contribution in [3.05, 3.63) is 144 Å². The lowest BCUT2D eigenvalue weighted by molar-refractivity contribution is -0.145. The highest BCUT2D eigenvalue weighted by atomic mass is 32.2. The van der Waals surface area contributed by atoms with Crippen molar-refractivity contribution in [1.82, 2.24) is 79.3 Å². The number of carbonyl (C=O) groups is 15. The summed E-state index contributed by atoms with van der Waals surface area (Å²) in [6, 6.07) is 12.3. The molecular weight excluding hydrogens is 1640 g/mol. The van der Waals surface area contributed by atoms with Crippen molar-refractivity contribution in [1.29, 1.82) is 5.41 Å². The molecular formula is C85H125N19O20S. The number of aliphatic hydroxyl groups is 4. The number of carboxylic acid groups (broad SMARTS) is 1. The number of hydrogen-bond donors (Lipinski definition) is 23. The molecule has 0 aromatic heterocycles. The molecule has 16 atom stereocenters. The van der Waals surface area contributed by atoms with E-state index < -0.39 is 223 Å². The van der Waals surface area contributed by atoms with Gasteiger partial charge >= 0.3 is 5.97 Å². The number of aliphatic carboxylic acids is 1. The van der Waals surface area contributed by atoms with E-state index in [1.165, 1.54) is 16.7 Å². The standard InChI is InChI=1S/C85H125N19O20S/c1-48(2)40-59(97-82(121)70(51(6)108)102-77(116)62(43-54-28-16-10-17-29-54)96-75(114)60(41-52-24-12-8-13-25-52)94-72(111)57(32-20-21-36-86)92-80(119)68(49(3)4)101-67(109)45-91-71(110)56(87)35-39-125-7)74(113)99-64(46-105)78(117)103-69(50(5)107)81(120)93-58(33-22-37-90-85(88)89)73(112)95-61(42-53-26-14-9-15-27-53)76(115)98-63(44-55-30-18-11-19-31-55)83(122)104-38-23-34-66(104)79(118)100-65(47-106)84(123)124/h8-19,24-31,48-51,56-66,68-70,105-108H,20-23,32-47,86-87H2,1-7H3,(H,91,110)(H,92,119)(H,93,120)(H,94,111)(H,95,112)(H,96,114)(H,97,121)(H,98,115)(H,99,113)(H,100,118)(H,101,109)(H,102,116)(H,103,117)(H,123,124)(H4,88,89,90)/t50-,51-,56+,57+,58+,59+,60+,61+,62+,63+,64+,65+,66+,68+,69+,70+/m1/s1. The molecule has 1 saturated heterocycles. The number of guanidine groups is 1. The average Bonchev–Trinajstić information content (AvgIpc) is 1.63. The van der Waals surface area contributed by atoms with E-state index in [4.69, 9.17) is 22.6 Å². The van der Waals surface area contributed by atoms with Gasteiger partial charge in [-0.15, -0.1) is 0 Å². The molecule has 4 aromatic rings. The molecule has 14 amide bonds. The van der Waals surface area contributed by atoms with Crippen LogP contribution in [0, 0.1) is 17.2 Å². The van der Waals surface area contributed by atoms with E-state index >= 15 is 0 Å². The van der Waals surface area contributed by atoms with Gasteiger partial charge in [0.15, 0.2) is 5.96 Å². The minimum Gasteiger partial charge on any atom is -0.480 e. The van der Waals surface area contributed by atoms with Gasteiger partial charge in [0, 0.05) is 38.8 Å². The van der Waals surface area contributed by atoms with Gasteiger partial charge in [-0.05, 0) is 124 Å². The monoisotopic (exact) mass is 1760 g/mol. The first-order valence-electron chi connectivity index (χ1n) is 41.7. The molecule has 0 unspecified atom stereocenters. The average molecular weight is 1770 g/mol. The lowest BCUT2D eigenvalue weighted by Crippen LogP contribution is -2.63. The van der Waals surface area contributed by atoms with Crippen molar-refractivity contribution in [3.63, 3.8) is 0 Å². The van der Waals surface area contributed by atoms with Crippen molar-refractivity contribution in [3.8, 4) is 0 Å². The summed E-state index contributed by atoms with van der Waals surface area (Å²) in [5.41, 5.74) is 19.5. The predicted octanol–water partition coefficient (Wildman–Crippen LogP) is -4.11. The Bertz CT molecular complexity index is 4200. The molecule has 0 spiro atoms. The third kappa shape index (κ3) is 35.8. The maximum atomic E-state index is 14.9. The van der Waals surface area contributed by atoms with Crippen LogP contribution in [0.4, 0.5) is 0 Å². The molecule has 0 saturated carbocycles. The van der Waals surface area contributed by atoms with E-state index in [2.05, 4.69) is 74.4 Å². The van der Waals surface area contributed by atoms with Crippen molar-refractivity contribution < 1.29 is 97.5 Å². The molecule has 1 fully saturated rings. The molecule has 40 heteroatoms. The fourth-order valence-electron chi connectivity index (χ4n) is 13.5. The van der Waals surface area contributed by atoms with E-state index in [9.17, 15) is 97.5 Å². The molecule has 1 aliphatic rings. The Balaban J connectivity index is 1.37. The Labute approximate surface area is 731 Å². The highest BCUT2D eigenvalue weighted by molar-refractivity contribution is 7.98. The Morgan fingerprint density at radius 1 is 0.456 bits per heavy atom. The quantitative estimate of drug-likeness (QED) is 0.0113. The summed E-state index contributed by atoms with van der Waals surface area (Å²) in [6.45, 7) is 6.52. The van der Waals surface area contributed by atoms with E-state index in [0.717, 1.165) is 13.8 Å². The van der Waals surface area contributed by atoms with Gasteiger partial charge in [-0.3, -0.25) is 72.5 Å². The summed E-state index contributed by atoms with van der Waals surface area (Å²) in [7, 11) is 0. The van der Waals surface area contributed by atoms with Crippen LogP contribution >= 0.6 is 11.8 Å². The zero-order valence-corrected chi connectivity index (χ0v) is 72.3. The topological polar surface area (TPSA) is 631 Å². The maximum Gasteiger partial charge on any atom is 0.328 e. The number of rotatable bonds is 54. The summed E-state index contributed by atoms with van der Waals surface area (Å²) in [4.78, 5) is 213. The van der Waals surface area contributed by atoms with E-state index in [-0.39, 0.29) is 77.4 Å². The molecule has 686 valence electrons. The zero-order valence-electron chi connectivity index (χ0n) is 71.5. The number of nitrogens with two attached hydrogens (primary N) is 3. The second kappa shape index (κ2) is 54.1. The molecule has 4 aromatic carbocycles. The first-order chi connectivity index (χ1) is 59.5. The molecule has 125 heavy (non-hydrogen) atoms. The fraction of sp³-hybridized carbons (Fsp3) is 0.529. The zero-order chi connectivity index (χ0) is 92.4. The van der Waals surface area contributed by atoms with Crippen molar-refractivity contribution >= 4 is 106 Å². The fourth-order valence-corrected chi connectivity index (χ4v) is 14.0. The van der Waals surface area contributed by atoms with Crippen LogP contribution in [0.15, 0.2) is 121 Å². The second-order valence-corrected chi connectivity index (χ2v) is 32.4. The van der Waals surface area contributed by atoms with E-state index in [0.29, 0.717) is 53.7 Å². The summed E-state index contributed by atoms with van der Waals surface area (Å²) >= 11 is 1.50. The Morgan fingerprint density at radius 2 is 0.840 bits per heavy atom. The number of nitrogens with one attached hydrogen (secondary N) is 15. The molecule has 0 bridgehead atoms. The highest BCUT2D eigenvalue weighted by Gasteiger charge is 2.42. The van der Waals surface area contributed by atoms with Gasteiger partial charge in [0.2, 0.25) is 82.7 Å². The number of benzene rings is 4. The van der Waals surface area contributed by atoms with Gasteiger partial charge in [-0.2, -0.15) is 11.8 Å². The summed E-state index contributed by atoms with van der Waals surface area (Å²) < 4.78 is 0. The number of nitrogens with zero attached hydrogens (tertiary/aromatic N) is 1. The summed E-state index contributed by atoms with van der Waals surface area (Å²) in [6.07, 6.45) is -1.35. The van der Waals surface area contributed by atoms with Crippen LogP contribution in [0.2, 0.25) is 0 Å². The second-order valence-electron chi connectivity index (χ2n) is 31.4. The largest absolute Gasteiger partial charge is 0.480 e. The molecule has 26 N–H and O–H groups in total. The molecule has 0 aliphatic carbocycles. The van der Waals surface area contributed by atoms with Crippen LogP contribution in [0.5, 0.6) is 0 Å². The van der Waals surface area contributed by atoms with Crippen molar-refractivity contribution in [2.45, 2.75) is 222 Å². The number of carbonyl (C=O) groups excluding carboxylic acids is 14. The van der Waals surface area contributed by atoms with Gasteiger partial charge < -0.3 is 122 Å². The number of unbranched alkanes of at least 4 members (excludes halogenated alkanes) is 1. The number of thioether (sulfide) groups is 1. The van der Waals surface area contributed by atoms with Gasteiger partial charge in [-0.25, -0.2) is 4.79 Å². The van der Waals surface area contributed by atoms with Crippen molar-refractivity contribution in [2.75, 3.05) is 51.4 Å². The minimum absolute atomic E-state index is 0.00335.